The molecule has 0 saturated carbocycles. The van der Waals surface area contributed by atoms with E-state index in [-0.39, 0.29) is 11.1 Å². The van der Waals surface area contributed by atoms with E-state index in [4.69, 9.17) is 4.84 Å². The third kappa shape index (κ3) is 5.09. The second-order valence-electron chi connectivity index (χ2n) is 5.68. The largest absolute Gasteiger partial charge is 0.364 e. The summed E-state index contributed by atoms with van der Waals surface area (Å²) in [5, 5.41) is 2.79. The molecule has 1 amide bonds. The van der Waals surface area contributed by atoms with Crippen LogP contribution in [0.4, 0.5) is 11.4 Å². The van der Waals surface area contributed by atoms with Crippen LogP contribution in [-0.4, -0.2) is 11.9 Å². The first-order valence-electron chi connectivity index (χ1n) is 8.14. The fraction of sp³-hybridized carbons (Fsp3) is 0. The van der Waals surface area contributed by atoms with E-state index in [0.717, 1.165) is 0 Å². The highest BCUT2D eigenvalue weighted by Crippen LogP contribution is 2.42. The van der Waals surface area contributed by atoms with Gasteiger partial charge in [-0.15, -0.1) is 0 Å². The number of hydrogen-bond acceptors (Lipinski definition) is 4. The molecule has 148 valence electrons. The van der Waals surface area contributed by atoms with Crippen molar-refractivity contribution in [2.45, 2.75) is 0 Å². The second kappa shape index (κ2) is 9.88. The molecule has 0 heterocycles. The maximum Gasteiger partial charge on any atom is 0.364 e. The molecule has 3 rings (SSSR count). The molecule has 0 aliphatic carbocycles. The molecule has 0 unspecified atom stereocenters. The number of carbonyl (C=O) groups is 2. The van der Waals surface area contributed by atoms with Gasteiger partial charge in [-0.25, -0.2) is 10.3 Å². The number of hydrogen-bond donors (Lipinski definition) is 2. The van der Waals surface area contributed by atoms with Crippen molar-refractivity contribution in [1.29, 1.82) is 0 Å². The summed E-state index contributed by atoms with van der Waals surface area (Å²) in [5.41, 5.74) is 3.97. The van der Waals surface area contributed by atoms with Crippen molar-refractivity contribution < 1.29 is 14.4 Å². The molecule has 29 heavy (non-hydrogen) atoms. The van der Waals surface area contributed by atoms with Gasteiger partial charge in [-0.05, 0) is 88.0 Å². The van der Waals surface area contributed by atoms with E-state index in [1.165, 1.54) is 0 Å². The molecule has 0 aliphatic heterocycles. The summed E-state index contributed by atoms with van der Waals surface area (Å²) in [7, 11) is 0. The van der Waals surface area contributed by atoms with Crippen LogP contribution in [0.5, 0.6) is 0 Å². The molecule has 0 spiro atoms. The molecule has 0 bridgehead atoms. The van der Waals surface area contributed by atoms with Crippen molar-refractivity contribution in [3.63, 3.8) is 0 Å². The van der Waals surface area contributed by atoms with E-state index in [1.807, 2.05) is 12.1 Å². The topological polar surface area (TPSA) is 67.4 Å². The minimum Gasteiger partial charge on any atom is -0.338 e. The standard InChI is InChI=1S/C20H12Br4N2O3/c21-15-13(19(27)25-11-7-3-1-4-8-11)14(16(22)18(24)17(15)23)20(28)29-26-12-9-5-2-6-10-12/h1-10,26H,(H,25,27). The molecule has 0 radical (unpaired) electrons. The third-order valence-corrected chi connectivity index (χ3v) is 8.53. The number of para-hydroxylation sites is 2. The minimum absolute atomic E-state index is 0.0591. The summed E-state index contributed by atoms with van der Waals surface area (Å²) in [6.07, 6.45) is 0. The third-order valence-electron chi connectivity index (χ3n) is 3.77. The van der Waals surface area contributed by atoms with Crippen LogP contribution in [0.3, 0.4) is 0 Å². The van der Waals surface area contributed by atoms with E-state index in [0.29, 0.717) is 29.3 Å². The highest BCUT2D eigenvalue weighted by atomic mass is 79.9. The van der Waals surface area contributed by atoms with Crippen molar-refractivity contribution >= 4 is 87.0 Å². The van der Waals surface area contributed by atoms with Gasteiger partial charge in [-0.3, -0.25) is 4.79 Å². The normalized spacial score (nSPS) is 10.3. The van der Waals surface area contributed by atoms with Gasteiger partial charge in [0, 0.05) is 23.6 Å². The molecule has 3 aromatic rings. The van der Waals surface area contributed by atoms with Crippen molar-refractivity contribution in [3.8, 4) is 0 Å². The smallest absolute Gasteiger partial charge is 0.338 e. The number of carbonyl (C=O) groups excluding carboxylic acids is 2. The molecule has 0 atom stereocenters. The molecule has 0 aliphatic rings. The molecule has 0 fully saturated rings. The van der Waals surface area contributed by atoms with E-state index in [2.05, 4.69) is 74.5 Å². The van der Waals surface area contributed by atoms with Gasteiger partial charge in [-0.2, -0.15) is 0 Å². The van der Waals surface area contributed by atoms with Gasteiger partial charge >= 0.3 is 5.97 Å². The fourth-order valence-electron chi connectivity index (χ4n) is 2.41. The zero-order valence-electron chi connectivity index (χ0n) is 14.5. The molecular weight excluding hydrogens is 636 g/mol. The first kappa shape index (κ1) is 22.0. The van der Waals surface area contributed by atoms with Crippen LogP contribution in [0, 0.1) is 0 Å². The zero-order chi connectivity index (χ0) is 21.0. The van der Waals surface area contributed by atoms with Crippen molar-refractivity contribution in [3.05, 3.63) is 89.7 Å². The summed E-state index contributed by atoms with van der Waals surface area (Å²) in [6, 6.07) is 17.9. The average molecular weight is 648 g/mol. The molecule has 3 aromatic carbocycles. The predicted molar refractivity (Wildman–Crippen MR) is 127 cm³/mol. The summed E-state index contributed by atoms with van der Waals surface area (Å²) < 4.78 is 1.93. The van der Waals surface area contributed by atoms with Crippen LogP contribution in [0.1, 0.15) is 20.7 Å². The Morgan fingerprint density at radius 2 is 1.14 bits per heavy atom. The average Bonchev–Trinajstić information content (AvgIpc) is 2.74. The Labute approximate surface area is 200 Å². The second-order valence-corrected chi connectivity index (χ2v) is 8.86. The van der Waals surface area contributed by atoms with Crippen molar-refractivity contribution in [2.24, 2.45) is 0 Å². The maximum absolute atomic E-state index is 13.0. The van der Waals surface area contributed by atoms with Gasteiger partial charge in [0.2, 0.25) is 0 Å². The lowest BCUT2D eigenvalue weighted by atomic mass is 10.1. The Balaban J connectivity index is 1.98. The molecular formula is C20H12Br4N2O3. The molecule has 2 N–H and O–H groups in total. The van der Waals surface area contributed by atoms with Gasteiger partial charge < -0.3 is 10.2 Å². The highest BCUT2D eigenvalue weighted by molar-refractivity contribution is 9.15. The quantitative estimate of drug-likeness (QED) is 0.175. The summed E-state index contributed by atoms with van der Waals surface area (Å²) >= 11 is 13.6. The summed E-state index contributed by atoms with van der Waals surface area (Å²) in [4.78, 5) is 31.1. The molecule has 0 saturated heterocycles. The van der Waals surface area contributed by atoms with Gasteiger partial charge in [0.15, 0.2) is 0 Å². The number of amides is 1. The first-order valence-corrected chi connectivity index (χ1v) is 11.3. The summed E-state index contributed by atoms with van der Waals surface area (Å²) in [6.45, 7) is 0. The van der Waals surface area contributed by atoms with Crippen LogP contribution in [0.2, 0.25) is 0 Å². The van der Waals surface area contributed by atoms with Gasteiger partial charge in [-0.1, -0.05) is 36.4 Å². The van der Waals surface area contributed by atoms with Gasteiger partial charge in [0.1, 0.15) is 0 Å². The predicted octanol–water partition coefficient (Wildman–Crippen LogP) is 7.17. The summed E-state index contributed by atoms with van der Waals surface area (Å²) in [5.74, 6) is -1.20. The molecule has 9 heteroatoms. The van der Waals surface area contributed by atoms with Gasteiger partial charge in [0.05, 0.1) is 16.8 Å². The Morgan fingerprint density at radius 1 is 0.655 bits per heavy atom. The minimum atomic E-state index is -0.729. The lowest BCUT2D eigenvalue weighted by Gasteiger charge is -2.16. The van der Waals surface area contributed by atoms with Crippen LogP contribution >= 0.6 is 63.7 Å². The Bertz CT molecular complexity index is 1060. The Hall–Kier alpha value is -1.68. The van der Waals surface area contributed by atoms with Crippen LogP contribution in [0.25, 0.3) is 0 Å². The van der Waals surface area contributed by atoms with Crippen molar-refractivity contribution in [2.75, 3.05) is 10.8 Å². The van der Waals surface area contributed by atoms with E-state index < -0.39 is 11.9 Å². The van der Waals surface area contributed by atoms with E-state index >= 15 is 0 Å². The lowest BCUT2D eigenvalue weighted by molar-refractivity contribution is 0.0591. The van der Waals surface area contributed by atoms with E-state index in [1.54, 1.807) is 48.5 Å². The van der Waals surface area contributed by atoms with Gasteiger partial charge in [0.25, 0.3) is 5.91 Å². The number of nitrogens with one attached hydrogen (secondary N) is 2. The molecule has 5 nitrogen and oxygen atoms in total. The zero-order valence-corrected chi connectivity index (χ0v) is 20.9. The Kier molecular flexibility index (Phi) is 7.50. The Morgan fingerprint density at radius 3 is 1.69 bits per heavy atom. The number of anilines is 2. The molecule has 0 aromatic heterocycles. The SMILES string of the molecule is O=C(Nc1ccccc1)c1c(Br)c(Br)c(Br)c(Br)c1C(=O)ONc1ccccc1. The number of rotatable bonds is 5. The fourth-order valence-corrected chi connectivity index (χ4v) is 4.87. The first-order chi connectivity index (χ1) is 13.9. The van der Waals surface area contributed by atoms with Crippen molar-refractivity contribution in [1.82, 2.24) is 0 Å². The van der Waals surface area contributed by atoms with Crippen LogP contribution < -0.4 is 10.8 Å². The number of benzene rings is 3. The lowest BCUT2D eigenvalue weighted by Crippen LogP contribution is -2.21. The highest BCUT2D eigenvalue weighted by Gasteiger charge is 2.29. The monoisotopic (exact) mass is 644 g/mol. The van der Waals surface area contributed by atoms with Crippen LogP contribution in [0.15, 0.2) is 78.6 Å². The number of halogens is 4. The van der Waals surface area contributed by atoms with E-state index in [9.17, 15) is 9.59 Å². The van der Waals surface area contributed by atoms with Crippen LogP contribution in [-0.2, 0) is 4.84 Å². The maximum atomic E-state index is 13.0.